The minimum Gasteiger partial charge on any atom is -0.371 e. The van der Waals surface area contributed by atoms with Gasteiger partial charge in [0.15, 0.2) is 9.84 Å². The van der Waals surface area contributed by atoms with Gasteiger partial charge in [-0.1, -0.05) is 19.1 Å². The van der Waals surface area contributed by atoms with E-state index in [1.807, 2.05) is 12.1 Å². The van der Waals surface area contributed by atoms with Gasteiger partial charge in [0.2, 0.25) is 0 Å². The van der Waals surface area contributed by atoms with Gasteiger partial charge in [0.1, 0.15) is 15.7 Å². The molecule has 0 spiro atoms. The second-order valence-corrected chi connectivity index (χ2v) is 11.0. The Morgan fingerprint density at radius 2 is 1.84 bits per heavy atom. The van der Waals surface area contributed by atoms with Gasteiger partial charge in [-0.2, -0.15) is 0 Å². The number of rotatable bonds is 6. The van der Waals surface area contributed by atoms with Crippen LogP contribution in [0.1, 0.15) is 29.4 Å². The summed E-state index contributed by atoms with van der Waals surface area (Å²) >= 11 is 1.18. The molecule has 4 rings (SSSR count). The minimum atomic E-state index is -3.20. The zero-order valence-corrected chi connectivity index (χ0v) is 19.3. The molecule has 6 nitrogen and oxygen atoms in total. The van der Waals surface area contributed by atoms with E-state index in [4.69, 9.17) is 0 Å². The molecule has 168 valence electrons. The highest BCUT2D eigenvalue weighted by molar-refractivity contribution is 7.91. The van der Waals surface area contributed by atoms with Gasteiger partial charge in [-0.3, -0.25) is 4.79 Å². The number of amides is 1. The Hall–Kier alpha value is -2.78. The van der Waals surface area contributed by atoms with Gasteiger partial charge in [0, 0.05) is 30.4 Å². The molecular formula is C23H24FN3O3S2. The monoisotopic (exact) mass is 473 g/mol. The van der Waals surface area contributed by atoms with Gasteiger partial charge in [-0.05, 0) is 49.2 Å². The predicted molar refractivity (Wildman–Crippen MR) is 124 cm³/mol. The van der Waals surface area contributed by atoms with Crippen molar-refractivity contribution < 1.29 is 17.6 Å². The first-order valence-corrected chi connectivity index (χ1v) is 12.9. The van der Waals surface area contributed by atoms with Gasteiger partial charge in [-0.15, -0.1) is 11.3 Å². The number of hydrogen-bond donors (Lipinski definition) is 1. The lowest BCUT2D eigenvalue weighted by Gasteiger charge is -2.34. The molecule has 3 aromatic rings. The maximum Gasteiger partial charge on any atom is 0.263 e. The Morgan fingerprint density at radius 3 is 2.50 bits per heavy atom. The smallest absolute Gasteiger partial charge is 0.263 e. The molecule has 1 amide bonds. The summed E-state index contributed by atoms with van der Waals surface area (Å²) in [6.45, 7) is 3.15. The van der Waals surface area contributed by atoms with Crippen LogP contribution in [0.3, 0.4) is 0 Å². The zero-order valence-electron chi connectivity index (χ0n) is 17.6. The molecule has 1 aliphatic heterocycles. The molecule has 1 saturated heterocycles. The van der Waals surface area contributed by atoms with Gasteiger partial charge in [0.05, 0.1) is 16.8 Å². The summed E-state index contributed by atoms with van der Waals surface area (Å²) in [5, 5.41) is 3.54. The highest BCUT2D eigenvalue weighted by atomic mass is 32.2. The lowest BCUT2D eigenvalue weighted by molar-refractivity contribution is 0.0935. The minimum absolute atomic E-state index is 0.0394. The Labute approximate surface area is 191 Å². The summed E-state index contributed by atoms with van der Waals surface area (Å²) in [7, 11) is -3.20. The first-order chi connectivity index (χ1) is 15.4. The topological polar surface area (TPSA) is 79.4 Å². The lowest BCUT2D eigenvalue weighted by Crippen LogP contribution is -2.44. The summed E-state index contributed by atoms with van der Waals surface area (Å²) in [6.07, 6.45) is 3.04. The zero-order chi connectivity index (χ0) is 22.7. The van der Waals surface area contributed by atoms with Crippen LogP contribution in [0.2, 0.25) is 0 Å². The first-order valence-electron chi connectivity index (χ1n) is 10.5. The van der Waals surface area contributed by atoms with Crippen LogP contribution in [0.5, 0.6) is 0 Å². The third kappa shape index (κ3) is 4.83. The molecule has 2 aromatic carbocycles. The van der Waals surface area contributed by atoms with Crippen molar-refractivity contribution in [2.24, 2.45) is 0 Å². The fraction of sp³-hybridized carbons (Fsp3) is 0.304. The maximum atomic E-state index is 14.0. The number of halogens is 1. The Morgan fingerprint density at radius 1 is 1.16 bits per heavy atom. The van der Waals surface area contributed by atoms with E-state index in [2.05, 4.69) is 15.2 Å². The number of carbonyl (C=O) groups is 1. The lowest BCUT2D eigenvalue weighted by atomic mass is 10.0. The Bertz CT molecular complexity index is 1200. The van der Waals surface area contributed by atoms with Crippen LogP contribution in [0.25, 0.3) is 10.6 Å². The molecule has 0 saturated carbocycles. The SMILES string of the molecule is CCS(=O)(=O)c1ccc(N2CCC(NC(=O)c3cnc(-c4ccccc4F)s3)CC2)cc1. The van der Waals surface area contributed by atoms with Crippen molar-refractivity contribution in [3.05, 3.63) is 65.4 Å². The first kappa shape index (κ1) is 22.4. The summed E-state index contributed by atoms with van der Waals surface area (Å²) < 4.78 is 37.9. The van der Waals surface area contributed by atoms with Crippen molar-refractivity contribution in [1.29, 1.82) is 0 Å². The Balaban J connectivity index is 1.33. The van der Waals surface area contributed by atoms with Crippen molar-refractivity contribution in [2.45, 2.75) is 30.7 Å². The van der Waals surface area contributed by atoms with Crippen molar-refractivity contribution >= 4 is 32.8 Å². The number of hydrogen-bond acceptors (Lipinski definition) is 6. The number of nitrogens with zero attached hydrogens (tertiary/aromatic N) is 2. The van der Waals surface area contributed by atoms with E-state index in [9.17, 15) is 17.6 Å². The van der Waals surface area contributed by atoms with Crippen molar-refractivity contribution in [3.8, 4) is 10.6 Å². The third-order valence-electron chi connectivity index (χ3n) is 5.60. The van der Waals surface area contributed by atoms with E-state index in [1.165, 1.54) is 23.6 Å². The predicted octanol–water partition coefficient (Wildman–Crippen LogP) is 4.14. The van der Waals surface area contributed by atoms with Crippen LogP contribution in [0.15, 0.2) is 59.6 Å². The molecule has 1 aliphatic rings. The fourth-order valence-electron chi connectivity index (χ4n) is 3.71. The van der Waals surface area contributed by atoms with E-state index in [0.29, 0.717) is 20.3 Å². The normalized spacial score (nSPS) is 15.0. The molecule has 1 aromatic heterocycles. The molecule has 32 heavy (non-hydrogen) atoms. The van der Waals surface area contributed by atoms with Gasteiger partial charge in [-0.25, -0.2) is 17.8 Å². The van der Waals surface area contributed by atoms with Crippen LogP contribution < -0.4 is 10.2 Å². The number of aromatic nitrogens is 1. The van der Waals surface area contributed by atoms with E-state index in [0.717, 1.165) is 31.6 Å². The molecule has 0 unspecified atom stereocenters. The number of thiazole rings is 1. The molecule has 1 fully saturated rings. The highest BCUT2D eigenvalue weighted by Crippen LogP contribution is 2.28. The van der Waals surface area contributed by atoms with Crippen LogP contribution in [0, 0.1) is 5.82 Å². The maximum absolute atomic E-state index is 14.0. The van der Waals surface area contributed by atoms with E-state index >= 15 is 0 Å². The molecule has 0 radical (unpaired) electrons. The second kappa shape index (κ2) is 9.38. The van der Waals surface area contributed by atoms with Crippen LogP contribution >= 0.6 is 11.3 Å². The van der Waals surface area contributed by atoms with Crippen LogP contribution in [-0.2, 0) is 9.84 Å². The molecular weight excluding hydrogens is 449 g/mol. The number of carbonyl (C=O) groups excluding carboxylic acids is 1. The molecule has 0 aliphatic carbocycles. The van der Waals surface area contributed by atoms with E-state index < -0.39 is 9.84 Å². The van der Waals surface area contributed by atoms with Crippen molar-refractivity contribution in [1.82, 2.24) is 10.3 Å². The molecule has 0 atom stereocenters. The number of benzene rings is 2. The summed E-state index contributed by atoms with van der Waals surface area (Å²) in [5.74, 6) is -0.474. The Kier molecular flexibility index (Phi) is 6.57. The number of sulfone groups is 1. The average molecular weight is 474 g/mol. The van der Waals surface area contributed by atoms with Crippen LogP contribution in [-0.4, -0.2) is 44.2 Å². The van der Waals surface area contributed by atoms with E-state index in [1.54, 1.807) is 37.3 Å². The van der Waals surface area contributed by atoms with Gasteiger partial charge in [0.25, 0.3) is 5.91 Å². The highest BCUT2D eigenvalue weighted by Gasteiger charge is 2.23. The average Bonchev–Trinajstić information content (AvgIpc) is 3.30. The second-order valence-electron chi connectivity index (χ2n) is 7.64. The molecule has 9 heteroatoms. The van der Waals surface area contributed by atoms with Crippen molar-refractivity contribution in [3.63, 3.8) is 0 Å². The molecule has 0 bridgehead atoms. The van der Waals surface area contributed by atoms with Gasteiger partial charge < -0.3 is 10.2 Å². The van der Waals surface area contributed by atoms with E-state index in [-0.39, 0.29) is 23.5 Å². The van der Waals surface area contributed by atoms with Crippen LogP contribution in [0.4, 0.5) is 10.1 Å². The summed E-state index contributed by atoms with van der Waals surface area (Å²) in [6, 6.07) is 13.4. The quantitative estimate of drug-likeness (QED) is 0.582. The number of anilines is 1. The standard InChI is InChI=1S/C23H24FN3O3S2/c1-2-32(29,30)18-9-7-17(8-10-18)27-13-11-16(12-14-27)26-22(28)21-15-25-23(31-21)19-5-3-4-6-20(19)24/h3-10,15-16H,2,11-14H2,1H3,(H,26,28). The number of piperidine rings is 1. The third-order valence-corrected chi connectivity index (χ3v) is 8.38. The molecule has 2 heterocycles. The molecule has 1 N–H and O–H groups in total. The fourth-order valence-corrected chi connectivity index (χ4v) is 5.44. The van der Waals surface area contributed by atoms with Gasteiger partial charge >= 0.3 is 0 Å². The summed E-state index contributed by atoms with van der Waals surface area (Å²) in [5.41, 5.74) is 1.37. The van der Waals surface area contributed by atoms with Crippen molar-refractivity contribution in [2.75, 3.05) is 23.7 Å². The number of nitrogens with one attached hydrogen (secondary N) is 1. The summed E-state index contributed by atoms with van der Waals surface area (Å²) in [4.78, 5) is 19.8. The largest absolute Gasteiger partial charge is 0.371 e.